The number of carbonyl (C=O) groups excluding carboxylic acids is 1. The van der Waals surface area contributed by atoms with Crippen molar-refractivity contribution in [2.75, 3.05) is 12.4 Å². The molecule has 2 aromatic rings. The molecule has 6 heteroatoms. The van der Waals surface area contributed by atoms with Crippen LogP contribution in [0, 0.1) is 0 Å². The minimum atomic E-state index is -0.198. The Balaban J connectivity index is 2.14. The van der Waals surface area contributed by atoms with Gasteiger partial charge in [0.2, 0.25) is 0 Å². The summed E-state index contributed by atoms with van der Waals surface area (Å²) in [4.78, 5) is 12.2. The molecule has 1 aliphatic rings. The Labute approximate surface area is 140 Å². The number of ether oxygens (including phenoxy) is 1. The van der Waals surface area contributed by atoms with Crippen LogP contribution in [0.2, 0.25) is 5.02 Å². The van der Waals surface area contributed by atoms with E-state index >= 15 is 0 Å². The summed E-state index contributed by atoms with van der Waals surface area (Å²) in [5, 5.41) is 12.8. The zero-order valence-electron chi connectivity index (χ0n) is 11.5. The highest BCUT2D eigenvalue weighted by molar-refractivity contribution is 9.10. The Morgan fingerprint density at radius 3 is 2.82 bits per heavy atom. The molecule has 22 heavy (non-hydrogen) atoms. The molecule has 0 aliphatic carbocycles. The number of anilines is 1. The average molecular weight is 381 g/mol. The van der Waals surface area contributed by atoms with Crippen LogP contribution in [0.4, 0.5) is 5.69 Å². The number of fused-ring (bicyclic) bond motifs is 1. The van der Waals surface area contributed by atoms with Gasteiger partial charge in [0, 0.05) is 27.4 Å². The number of nitrogens with one attached hydrogen (secondary N) is 1. The fourth-order valence-electron chi connectivity index (χ4n) is 2.29. The van der Waals surface area contributed by atoms with E-state index in [1.165, 1.54) is 13.2 Å². The maximum absolute atomic E-state index is 12.2. The first kappa shape index (κ1) is 14.9. The molecule has 1 amide bonds. The topological polar surface area (TPSA) is 58.6 Å². The lowest BCUT2D eigenvalue weighted by Crippen LogP contribution is -2.03. The molecule has 4 nitrogen and oxygen atoms in total. The minimum Gasteiger partial charge on any atom is -0.504 e. The van der Waals surface area contributed by atoms with Gasteiger partial charge in [0.1, 0.15) is 0 Å². The van der Waals surface area contributed by atoms with Crippen molar-refractivity contribution in [3.63, 3.8) is 0 Å². The lowest BCUT2D eigenvalue weighted by Gasteiger charge is -2.07. The second-order valence-electron chi connectivity index (χ2n) is 4.75. The zero-order valence-corrected chi connectivity index (χ0v) is 13.8. The van der Waals surface area contributed by atoms with E-state index in [4.69, 9.17) is 16.3 Å². The zero-order chi connectivity index (χ0) is 15.9. The standard InChI is InChI=1S/C16H11BrClNO3/c1-22-15-5-8(12(18)7-14(15)20)4-11-10-6-9(17)2-3-13(10)19-16(11)21/h2-7,20H,1H3,(H,19,21). The summed E-state index contributed by atoms with van der Waals surface area (Å²) in [6, 6.07) is 8.54. The van der Waals surface area contributed by atoms with Crippen LogP contribution < -0.4 is 10.1 Å². The van der Waals surface area contributed by atoms with Gasteiger partial charge in [-0.25, -0.2) is 0 Å². The first-order chi connectivity index (χ1) is 10.5. The van der Waals surface area contributed by atoms with E-state index in [9.17, 15) is 9.90 Å². The van der Waals surface area contributed by atoms with Crippen LogP contribution in [0.15, 0.2) is 34.8 Å². The molecule has 2 aromatic carbocycles. The summed E-state index contributed by atoms with van der Waals surface area (Å²) in [5.74, 6) is 0.0500. The number of phenols is 1. The Hall–Kier alpha value is -1.98. The van der Waals surface area contributed by atoms with Crippen LogP contribution in [0.25, 0.3) is 11.6 Å². The van der Waals surface area contributed by atoms with Crippen LogP contribution in [-0.2, 0) is 4.79 Å². The summed E-state index contributed by atoms with van der Waals surface area (Å²) >= 11 is 9.54. The lowest BCUT2D eigenvalue weighted by atomic mass is 10.0. The first-order valence-corrected chi connectivity index (χ1v) is 7.56. The summed E-state index contributed by atoms with van der Waals surface area (Å²) in [6.45, 7) is 0. The maximum atomic E-state index is 12.2. The van der Waals surface area contributed by atoms with Crippen molar-refractivity contribution in [3.05, 3.63) is 51.0 Å². The molecule has 0 fully saturated rings. The molecule has 0 saturated heterocycles. The molecule has 0 saturated carbocycles. The summed E-state index contributed by atoms with van der Waals surface area (Å²) in [7, 11) is 1.45. The Morgan fingerprint density at radius 2 is 2.09 bits per heavy atom. The number of phenolic OH excluding ortho intramolecular Hbond substituents is 1. The van der Waals surface area contributed by atoms with Gasteiger partial charge in [-0.15, -0.1) is 0 Å². The SMILES string of the molecule is COc1cc(C=C2C(=O)Nc3ccc(Br)cc32)c(Cl)cc1O. The summed E-state index contributed by atoms with van der Waals surface area (Å²) in [6.07, 6.45) is 1.68. The molecule has 2 N–H and O–H groups in total. The Morgan fingerprint density at radius 1 is 1.32 bits per heavy atom. The van der Waals surface area contributed by atoms with E-state index in [1.807, 2.05) is 18.2 Å². The highest BCUT2D eigenvalue weighted by Crippen LogP contribution is 2.38. The van der Waals surface area contributed by atoms with Crippen molar-refractivity contribution in [2.24, 2.45) is 0 Å². The highest BCUT2D eigenvalue weighted by Gasteiger charge is 2.24. The third kappa shape index (κ3) is 2.58. The largest absolute Gasteiger partial charge is 0.504 e. The number of carbonyl (C=O) groups is 1. The maximum Gasteiger partial charge on any atom is 0.256 e. The van der Waals surface area contributed by atoms with E-state index in [0.29, 0.717) is 21.9 Å². The third-order valence-electron chi connectivity index (χ3n) is 3.36. The van der Waals surface area contributed by atoms with Gasteiger partial charge in [-0.1, -0.05) is 27.5 Å². The van der Waals surface area contributed by atoms with Crippen LogP contribution >= 0.6 is 27.5 Å². The van der Waals surface area contributed by atoms with Crippen LogP contribution in [0.5, 0.6) is 11.5 Å². The van der Waals surface area contributed by atoms with Gasteiger partial charge in [-0.3, -0.25) is 4.79 Å². The number of halogens is 2. The van der Waals surface area contributed by atoms with Gasteiger partial charge in [0.25, 0.3) is 5.91 Å². The molecule has 0 bridgehead atoms. The number of aromatic hydroxyl groups is 1. The van der Waals surface area contributed by atoms with Crippen molar-refractivity contribution in [3.8, 4) is 11.5 Å². The minimum absolute atomic E-state index is 0.0475. The van der Waals surface area contributed by atoms with Crippen molar-refractivity contribution in [2.45, 2.75) is 0 Å². The van der Waals surface area contributed by atoms with Crippen LogP contribution in [0.1, 0.15) is 11.1 Å². The third-order valence-corrected chi connectivity index (χ3v) is 4.18. The van der Waals surface area contributed by atoms with Crippen LogP contribution in [0.3, 0.4) is 0 Å². The smallest absolute Gasteiger partial charge is 0.256 e. The summed E-state index contributed by atoms with van der Waals surface area (Å²) in [5.41, 5.74) is 2.64. The fourth-order valence-corrected chi connectivity index (χ4v) is 2.87. The molecule has 0 unspecified atom stereocenters. The van der Waals surface area contributed by atoms with Gasteiger partial charge in [-0.2, -0.15) is 0 Å². The van der Waals surface area contributed by atoms with Crippen molar-refractivity contribution < 1.29 is 14.6 Å². The van der Waals surface area contributed by atoms with Gasteiger partial charge in [-0.05, 0) is 35.9 Å². The first-order valence-electron chi connectivity index (χ1n) is 6.39. The quantitative estimate of drug-likeness (QED) is 0.763. The predicted octanol–water partition coefficient (Wildman–Crippen LogP) is 4.31. The molecule has 0 spiro atoms. The number of benzene rings is 2. The van der Waals surface area contributed by atoms with E-state index in [2.05, 4.69) is 21.2 Å². The van der Waals surface area contributed by atoms with Gasteiger partial charge in [0.05, 0.1) is 12.1 Å². The monoisotopic (exact) mass is 379 g/mol. The van der Waals surface area contributed by atoms with Crippen molar-refractivity contribution in [1.82, 2.24) is 0 Å². The molecule has 0 atom stereocenters. The van der Waals surface area contributed by atoms with E-state index in [-0.39, 0.29) is 11.7 Å². The number of hydrogen-bond acceptors (Lipinski definition) is 3. The van der Waals surface area contributed by atoms with Crippen molar-refractivity contribution in [1.29, 1.82) is 0 Å². The summed E-state index contributed by atoms with van der Waals surface area (Å²) < 4.78 is 5.95. The van der Waals surface area contributed by atoms with Crippen molar-refractivity contribution >= 4 is 50.8 Å². The average Bonchev–Trinajstić information content (AvgIpc) is 2.77. The van der Waals surface area contributed by atoms with Gasteiger partial charge < -0.3 is 15.2 Å². The number of methoxy groups -OCH3 is 1. The van der Waals surface area contributed by atoms with Gasteiger partial charge >= 0.3 is 0 Å². The number of rotatable bonds is 2. The molecular weight excluding hydrogens is 370 g/mol. The molecule has 3 rings (SSSR count). The molecule has 0 aromatic heterocycles. The Kier molecular flexibility index (Phi) is 3.85. The number of amides is 1. The molecule has 112 valence electrons. The molecule has 0 radical (unpaired) electrons. The van der Waals surface area contributed by atoms with E-state index < -0.39 is 0 Å². The van der Waals surface area contributed by atoms with E-state index in [0.717, 1.165) is 15.7 Å². The second kappa shape index (κ2) is 5.66. The lowest BCUT2D eigenvalue weighted by molar-refractivity contribution is -0.110. The molecular formula is C16H11BrClNO3. The van der Waals surface area contributed by atoms with E-state index in [1.54, 1.807) is 12.1 Å². The Bertz CT molecular complexity index is 817. The fraction of sp³-hybridized carbons (Fsp3) is 0.0625. The normalized spacial score (nSPS) is 14.9. The molecule has 1 aliphatic heterocycles. The van der Waals surface area contributed by atoms with Crippen LogP contribution in [-0.4, -0.2) is 18.1 Å². The highest BCUT2D eigenvalue weighted by atomic mass is 79.9. The predicted molar refractivity (Wildman–Crippen MR) is 90.3 cm³/mol. The second-order valence-corrected chi connectivity index (χ2v) is 6.07. The molecule has 1 heterocycles. The van der Waals surface area contributed by atoms with Gasteiger partial charge in [0.15, 0.2) is 11.5 Å². The number of hydrogen-bond donors (Lipinski definition) is 2.